The Morgan fingerprint density at radius 2 is 1.64 bits per heavy atom. The molecular formula is C29H35N7O3. The van der Waals surface area contributed by atoms with Crippen molar-refractivity contribution in [2.24, 2.45) is 0 Å². The number of nitrogens with zero attached hydrogens (tertiary/aromatic N) is 6. The van der Waals surface area contributed by atoms with Gasteiger partial charge in [0, 0.05) is 48.9 Å². The third-order valence-electron chi connectivity index (χ3n) is 8.16. The second-order valence-corrected chi connectivity index (χ2v) is 10.4. The molecule has 6 rings (SSSR count). The zero-order valence-electron chi connectivity index (χ0n) is 22.5. The molecule has 10 heteroatoms. The minimum Gasteiger partial charge on any atom is -0.493 e. The molecule has 204 valence electrons. The molecule has 1 saturated heterocycles. The van der Waals surface area contributed by atoms with Gasteiger partial charge in [0.2, 0.25) is 0 Å². The maximum atomic E-state index is 13.7. The highest BCUT2D eigenvalue weighted by molar-refractivity contribution is 5.83. The highest BCUT2D eigenvalue weighted by atomic mass is 16.5. The van der Waals surface area contributed by atoms with E-state index in [2.05, 4.69) is 54.6 Å². The van der Waals surface area contributed by atoms with E-state index >= 15 is 0 Å². The van der Waals surface area contributed by atoms with Gasteiger partial charge in [0.1, 0.15) is 6.04 Å². The Balaban J connectivity index is 1.41. The fraction of sp³-hybridized carbons (Fsp3) is 0.448. The van der Waals surface area contributed by atoms with Crippen molar-refractivity contribution in [1.82, 2.24) is 30.1 Å². The van der Waals surface area contributed by atoms with Crippen LogP contribution in [0, 0.1) is 0 Å². The molecule has 0 amide bonds. The molecule has 0 bridgehead atoms. The van der Waals surface area contributed by atoms with Crippen LogP contribution < -0.4 is 19.9 Å². The number of pyridine rings is 1. The summed E-state index contributed by atoms with van der Waals surface area (Å²) in [6, 6.07) is 16.0. The van der Waals surface area contributed by atoms with Crippen molar-refractivity contribution in [2.75, 3.05) is 45.3 Å². The second-order valence-electron chi connectivity index (χ2n) is 10.4. The summed E-state index contributed by atoms with van der Waals surface area (Å²) in [6.07, 6.45) is 5.69. The van der Waals surface area contributed by atoms with E-state index in [1.807, 2.05) is 22.9 Å². The van der Waals surface area contributed by atoms with E-state index in [1.165, 1.54) is 24.9 Å². The van der Waals surface area contributed by atoms with Crippen LogP contribution in [0.2, 0.25) is 0 Å². The Morgan fingerprint density at radius 1 is 0.923 bits per heavy atom. The summed E-state index contributed by atoms with van der Waals surface area (Å²) in [7, 11) is 3.20. The van der Waals surface area contributed by atoms with E-state index in [4.69, 9.17) is 9.47 Å². The normalized spacial score (nSPS) is 17.8. The summed E-state index contributed by atoms with van der Waals surface area (Å²) in [5.41, 5.74) is 2.39. The van der Waals surface area contributed by atoms with Gasteiger partial charge in [-0.1, -0.05) is 37.5 Å². The van der Waals surface area contributed by atoms with Crippen molar-refractivity contribution in [2.45, 2.75) is 44.2 Å². The first-order valence-corrected chi connectivity index (χ1v) is 13.8. The van der Waals surface area contributed by atoms with Crippen LogP contribution in [-0.4, -0.2) is 70.5 Å². The van der Waals surface area contributed by atoms with E-state index in [0.29, 0.717) is 22.6 Å². The molecule has 10 nitrogen and oxygen atoms in total. The minimum atomic E-state index is -0.374. The third kappa shape index (κ3) is 4.96. The monoisotopic (exact) mass is 529 g/mol. The molecule has 0 radical (unpaired) electrons. The van der Waals surface area contributed by atoms with Crippen LogP contribution in [0.3, 0.4) is 0 Å². The second kappa shape index (κ2) is 11.1. The number of rotatable bonds is 7. The smallest absolute Gasteiger partial charge is 0.253 e. The summed E-state index contributed by atoms with van der Waals surface area (Å²) >= 11 is 0. The number of piperazine rings is 1. The molecule has 1 N–H and O–H groups in total. The summed E-state index contributed by atoms with van der Waals surface area (Å²) in [5, 5.41) is 14.0. The van der Waals surface area contributed by atoms with Gasteiger partial charge in [0.15, 0.2) is 17.3 Å². The number of anilines is 1. The van der Waals surface area contributed by atoms with Gasteiger partial charge in [-0.15, -0.1) is 5.10 Å². The number of tetrazole rings is 1. The molecule has 2 fully saturated rings. The average Bonchev–Trinajstić information content (AvgIpc) is 3.47. The summed E-state index contributed by atoms with van der Waals surface area (Å²) in [6.45, 7) is 3.25. The number of methoxy groups -OCH3 is 2. The van der Waals surface area contributed by atoms with Crippen molar-refractivity contribution >= 4 is 16.6 Å². The maximum Gasteiger partial charge on any atom is 0.253 e. The minimum absolute atomic E-state index is 0.150. The molecule has 1 atom stereocenters. The highest BCUT2D eigenvalue weighted by Gasteiger charge is 2.34. The van der Waals surface area contributed by atoms with Crippen LogP contribution in [0.25, 0.3) is 10.9 Å². The van der Waals surface area contributed by atoms with Gasteiger partial charge in [0.05, 0.1) is 25.8 Å². The van der Waals surface area contributed by atoms with Crippen LogP contribution in [0.5, 0.6) is 11.5 Å². The quantitative estimate of drug-likeness (QED) is 0.384. The van der Waals surface area contributed by atoms with E-state index in [9.17, 15) is 4.79 Å². The Kier molecular flexibility index (Phi) is 7.19. The number of hydrogen-bond acceptors (Lipinski definition) is 8. The number of ether oxygens (including phenoxy) is 2. The molecule has 1 unspecified atom stereocenters. The predicted octanol–water partition coefficient (Wildman–Crippen LogP) is 3.95. The maximum absolute atomic E-state index is 13.7. The van der Waals surface area contributed by atoms with Gasteiger partial charge in [0.25, 0.3) is 5.56 Å². The number of aromatic amines is 1. The Bertz CT molecular complexity index is 1470. The van der Waals surface area contributed by atoms with E-state index in [0.717, 1.165) is 50.2 Å². The van der Waals surface area contributed by atoms with Crippen LogP contribution in [0.15, 0.2) is 53.3 Å². The fourth-order valence-electron chi connectivity index (χ4n) is 6.10. The Hall–Kier alpha value is -3.92. The molecule has 4 aromatic rings. The summed E-state index contributed by atoms with van der Waals surface area (Å²) in [4.78, 5) is 21.5. The van der Waals surface area contributed by atoms with Crippen molar-refractivity contribution in [1.29, 1.82) is 0 Å². The SMILES string of the molecule is COc1cc2cc(C(c3nnnn3C3CCCCC3)N3CCN(c4ccccc4)CC3)c(=O)[nH]c2cc1OC. The lowest BCUT2D eigenvalue weighted by Crippen LogP contribution is -2.49. The van der Waals surface area contributed by atoms with Crippen molar-refractivity contribution in [3.63, 3.8) is 0 Å². The standard InChI is InChI=1S/C29H35N7O3/c1-38-25-18-20-17-23(29(37)30-24(20)19-26(25)39-2)27(28-31-32-33-36(28)22-11-7-4-8-12-22)35-15-13-34(14-16-35)21-9-5-3-6-10-21/h3,5-6,9-10,17-19,22,27H,4,7-8,11-16H2,1-2H3,(H,30,37). The molecule has 39 heavy (non-hydrogen) atoms. The molecule has 3 heterocycles. The van der Waals surface area contributed by atoms with Gasteiger partial charge >= 0.3 is 0 Å². The van der Waals surface area contributed by atoms with Crippen molar-refractivity contribution in [3.8, 4) is 11.5 Å². The number of para-hydroxylation sites is 1. The lowest BCUT2D eigenvalue weighted by Gasteiger charge is -2.40. The zero-order chi connectivity index (χ0) is 26.8. The first kappa shape index (κ1) is 25.4. The van der Waals surface area contributed by atoms with Gasteiger partial charge in [-0.25, -0.2) is 4.68 Å². The molecule has 2 aliphatic rings. The molecule has 0 spiro atoms. The van der Waals surface area contributed by atoms with Crippen LogP contribution >= 0.6 is 0 Å². The van der Waals surface area contributed by atoms with Crippen molar-refractivity contribution in [3.05, 3.63) is 70.3 Å². The van der Waals surface area contributed by atoms with E-state index in [-0.39, 0.29) is 17.6 Å². The number of hydrogen-bond donors (Lipinski definition) is 1. The molecule has 1 aliphatic heterocycles. The highest BCUT2D eigenvalue weighted by Crippen LogP contribution is 2.35. The van der Waals surface area contributed by atoms with E-state index in [1.54, 1.807) is 20.3 Å². The van der Waals surface area contributed by atoms with Crippen LogP contribution in [0.1, 0.15) is 55.6 Å². The number of aromatic nitrogens is 5. The topological polar surface area (TPSA) is 101 Å². The molecule has 2 aromatic heterocycles. The van der Waals surface area contributed by atoms with E-state index < -0.39 is 0 Å². The molecule has 1 aliphatic carbocycles. The largest absolute Gasteiger partial charge is 0.493 e. The van der Waals surface area contributed by atoms with Crippen LogP contribution in [-0.2, 0) is 0 Å². The Morgan fingerprint density at radius 3 is 2.36 bits per heavy atom. The number of nitrogens with one attached hydrogen (secondary N) is 1. The Labute approximate surface area is 227 Å². The number of H-pyrrole nitrogens is 1. The zero-order valence-corrected chi connectivity index (χ0v) is 22.5. The summed E-state index contributed by atoms with van der Waals surface area (Å²) in [5.74, 6) is 1.92. The van der Waals surface area contributed by atoms with Gasteiger partial charge < -0.3 is 19.4 Å². The fourth-order valence-corrected chi connectivity index (χ4v) is 6.10. The lowest BCUT2D eigenvalue weighted by atomic mass is 9.95. The summed E-state index contributed by atoms with van der Waals surface area (Å²) < 4.78 is 13.0. The lowest BCUT2D eigenvalue weighted by molar-refractivity contribution is 0.192. The molecular weight excluding hydrogens is 494 g/mol. The first-order chi connectivity index (χ1) is 19.2. The molecule has 1 saturated carbocycles. The average molecular weight is 530 g/mol. The van der Waals surface area contributed by atoms with Gasteiger partial charge in [-0.2, -0.15) is 0 Å². The first-order valence-electron chi connectivity index (χ1n) is 13.8. The van der Waals surface area contributed by atoms with Gasteiger partial charge in [-0.05, 0) is 47.5 Å². The third-order valence-corrected chi connectivity index (χ3v) is 8.16. The van der Waals surface area contributed by atoms with Gasteiger partial charge in [-0.3, -0.25) is 9.69 Å². The number of fused-ring (bicyclic) bond motifs is 1. The number of benzene rings is 2. The predicted molar refractivity (Wildman–Crippen MR) is 150 cm³/mol. The molecule has 2 aromatic carbocycles. The van der Waals surface area contributed by atoms with Crippen LogP contribution in [0.4, 0.5) is 5.69 Å². The van der Waals surface area contributed by atoms with Crippen molar-refractivity contribution < 1.29 is 9.47 Å².